The summed E-state index contributed by atoms with van der Waals surface area (Å²) in [4.78, 5) is 38.2. The summed E-state index contributed by atoms with van der Waals surface area (Å²) >= 11 is 0.776. The molecule has 0 bridgehead atoms. The molecule has 0 saturated carbocycles. The molecule has 1 aromatic carbocycles. The van der Waals surface area contributed by atoms with Gasteiger partial charge in [-0.2, -0.15) is 0 Å². The quantitative estimate of drug-likeness (QED) is 0.315. The maximum Gasteiger partial charge on any atom is 0.329 e. The second kappa shape index (κ2) is 10.7. The van der Waals surface area contributed by atoms with Gasteiger partial charge in [0.15, 0.2) is 11.5 Å². The number of ether oxygens (including phenoxy) is 3. The number of methoxy groups -OCH3 is 1. The summed E-state index contributed by atoms with van der Waals surface area (Å²) in [6, 6.07) is 2.56. The van der Waals surface area contributed by atoms with Crippen LogP contribution in [-0.4, -0.2) is 48.4 Å². The molecule has 0 spiro atoms. The van der Waals surface area contributed by atoms with Crippen molar-refractivity contribution in [1.82, 2.24) is 4.90 Å². The SMILES string of the molecule is C=CCOc1c(CC=C)cc(/C=C2/SC(=O)N([C@H](C)C(=O)OCC)C2=O)cc1OC. The number of hydrogen-bond acceptors (Lipinski definition) is 7. The number of carbonyl (C=O) groups is 3. The van der Waals surface area contributed by atoms with Crippen LogP contribution >= 0.6 is 11.8 Å². The Morgan fingerprint density at radius 3 is 2.60 bits per heavy atom. The van der Waals surface area contributed by atoms with Crippen molar-refractivity contribution in [2.75, 3.05) is 20.3 Å². The lowest BCUT2D eigenvalue weighted by atomic mass is 10.0. The van der Waals surface area contributed by atoms with E-state index in [0.29, 0.717) is 30.1 Å². The zero-order valence-electron chi connectivity index (χ0n) is 17.3. The fourth-order valence-electron chi connectivity index (χ4n) is 2.87. The zero-order chi connectivity index (χ0) is 22.3. The van der Waals surface area contributed by atoms with Crippen LogP contribution in [0.5, 0.6) is 11.5 Å². The van der Waals surface area contributed by atoms with Crippen LogP contribution in [0.1, 0.15) is 25.0 Å². The predicted octanol–water partition coefficient (Wildman–Crippen LogP) is 3.98. The van der Waals surface area contributed by atoms with E-state index in [4.69, 9.17) is 14.2 Å². The number of benzene rings is 1. The Labute approximate surface area is 180 Å². The van der Waals surface area contributed by atoms with E-state index < -0.39 is 23.2 Å². The zero-order valence-corrected chi connectivity index (χ0v) is 18.1. The molecule has 1 heterocycles. The molecule has 1 aliphatic rings. The Morgan fingerprint density at radius 1 is 1.27 bits per heavy atom. The number of nitrogens with zero attached hydrogens (tertiary/aromatic N) is 1. The third-order valence-corrected chi connectivity index (χ3v) is 5.10. The first-order chi connectivity index (χ1) is 14.4. The van der Waals surface area contributed by atoms with E-state index in [0.717, 1.165) is 22.2 Å². The first-order valence-corrected chi connectivity index (χ1v) is 10.2. The molecule has 0 aliphatic carbocycles. The molecule has 2 rings (SSSR count). The van der Waals surface area contributed by atoms with Crippen molar-refractivity contribution >= 4 is 35.0 Å². The van der Waals surface area contributed by atoms with E-state index in [1.165, 1.54) is 14.0 Å². The van der Waals surface area contributed by atoms with Crippen LogP contribution in [0.25, 0.3) is 6.08 Å². The van der Waals surface area contributed by atoms with Gasteiger partial charge in [0, 0.05) is 5.56 Å². The molecular formula is C22H25NO6S. The van der Waals surface area contributed by atoms with Gasteiger partial charge in [0.2, 0.25) is 0 Å². The third kappa shape index (κ3) is 5.13. The van der Waals surface area contributed by atoms with Crippen molar-refractivity contribution in [2.24, 2.45) is 0 Å². The van der Waals surface area contributed by atoms with E-state index in [1.54, 1.807) is 31.2 Å². The molecule has 1 atom stereocenters. The molecule has 0 unspecified atom stereocenters. The van der Waals surface area contributed by atoms with Gasteiger partial charge >= 0.3 is 5.97 Å². The summed E-state index contributed by atoms with van der Waals surface area (Å²) in [5.41, 5.74) is 1.47. The number of thioether (sulfide) groups is 1. The van der Waals surface area contributed by atoms with Crippen molar-refractivity contribution in [3.8, 4) is 11.5 Å². The predicted molar refractivity (Wildman–Crippen MR) is 116 cm³/mol. The fraction of sp³-hybridized carbons (Fsp3) is 0.318. The highest BCUT2D eigenvalue weighted by atomic mass is 32.2. The Hall–Kier alpha value is -3.00. The molecule has 1 saturated heterocycles. The maximum atomic E-state index is 12.8. The van der Waals surface area contributed by atoms with Crippen LogP contribution in [0.2, 0.25) is 0 Å². The lowest BCUT2D eigenvalue weighted by Gasteiger charge is -2.19. The van der Waals surface area contributed by atoms with Gasteiger partial charge in [-0.1, -0.05) is 18.7 Å². The summed E-state index contributed by atoms with van der Waals surface area (Å²) < 4.78 is 16.1. The van der Waals surface area contributed by atoms with Crippen LogP contribution in [0.3, 0.4) is 0 Å². The minimum absolute atomic E-state index is 0.168. The Bertz CT molecular complexity index is 892. The summed E-state index contributed by atoms with van der Waals surface area (Å²) in [6.07, 6.45) is 5.47. The molecule has 8 heteroatoms. The average molecular weight is 432 g/mol. The number of imide groups is 1. The normalized spacial score (nSPS) is 15.8. The molecular weight excluding hydrogens is 406 g/mol. The third-order valence-electron chi connectivity index (χ3n) is 4.22. The topological polar surface area (TPSA) is 82.1 Å². The van der Waals surface area contributed by atoms with Crippen LogP contribution in [0.4, 0.5) is 4.79 Å². The molecule has 7 nitrogen and oxygen atoms in total. The molecule has 0 aromatic heterocycles. The van der Waals surface area contributed by atoms with Crippen LogP contribution in [0, 0.1) is 0 Å². The van der Waals surface area contributed by atoms with Gasteiger partial charge in [0.25, 0.3) is 11.1 Å². The number of esters is 1. The molecule has 1 fully saturated rings. The highest BCUT2D eigenvalue weighted by Crippen LogP contribution is 2.37. The van der Waals surface area contributed by atoms with Crippen molar-refractivity contribution in [2.45, 2.75) is 26.3 Å². The first-order valence-electron chi connectivity index (χ1n) is 9.37. The van der Waals surface area contributed by atoms with Gasteiger partial charge in [-0.05, 0) is 55.8 Å². The van der Waals surface area contributed by atoms with E-state index >= 15 is 0 Å². The van der Waals surface area contributed by atoms with Gasteiger partial charge in [-0.25, -0.2) is 4.79 Å². The van der Waals surface area contributed by atoms with Gasteiger partial charge in [0.1, 0.15) is 12.6 Å². The molecule has 160 valence electrons. The van der Waals surface area contributed by atoms with E-state index in [9.17, 15) is 14.4 Å². The van der Waals surface area contributed by atoms with Crippen LogP contribution in [0.15, 0.2) is 42.3 Å². The van der Waals surface area contributed by atoms with E-state index in [2.05, 4.69) is 13.2 Å². The monoisotopic (exact) mass is 431 g/mol. The number of carbonyl (C=O) groups excluding carboxylic acids is 3. The molecule has 0 N–H and O–H groups in total. The van der Waals surface area contributed by atoms with E-state index in [-0.39, 0.29) is 11.5 Å². The summed E-state index contributed by atoms with van der Waals surface area (Å²) in [5.74, 6) is -0.110. The largest absolute Gasteiger partial charge is 0.493 e. The van der Waals surface area contributed by atoms with E-state index in [1.807, 2.05) is 6.07 Å². The Morgan fingerprint density at radius 2 is 2.00 bits per heavy atom. The average Bonchev–Trinajstić information content (AvgIpc) is 2.99. The first kappa shape index (κ1) is 23.3. The second-order valence-electron chi connectivity index (χ2n) is 6.28. The fourth-order valence-corrected chi connectivity index (χ4v) is 3.77. The molecule has 2 amide bonds. The summed E-state index contributed by atoms with van der Waals surface area (Å²) in [6.45, 7) is 11.0. The van der Waals surface area contributed by atoms with Gasteiger partial charge in [-0.3, -0.25) is 14.5 Å². The van der Waals surface area contributed by atoms with Crippen molar-refractivity contribution in [3.05, 3.63) is 53.5 Å². The molecule has 0 radical (unpaired) electrons. The van der Waals surface area contributed by atoms with Crippen molar-refractivity contribution in [1.29, 1.82) is 0 Å². The van der Waals surface area contributed by atoms with Crippen molar-refractivity contribution in [3.63, 3.8) is 0 Å². The van der Waals surface area contributed by atoms with Crippen LogP contribution in [-0.2, 0) is 20.7 Å². The van der Waals surface area contributed by atoms with Gasteiger partial charge < -0.3 is 14.2 Å². The number of rotatable bonds is 10. The lowest BCUT2D eigenvalue weighted by Crippen LogP contribution is -2.42. The minimum Gasteiger partial charge on any atom is -0.493 e. The maximum absolute atomic E-state index is 12.8. The second-order valence-corrected chi connectivity index (χ2v) is 7.28. The molecule has 30 heavy (non-hydrogen) atoms. The Kier molecular flexibility index (Phi) is 8.29. The summed E-state index contributed by atoms with van der Waals surface area (Å²) in [5, 5.41) is -0.518. The molecule has 1 aliphatic heterocycles. The smallest absolute Gasteiger partial charge is 0.329 e. The van der Waals surface area contributed by atoms with Crippen molar-refractivity contribution < 1.29 is 28.6 Å². The number of hydrogen-bond donors (Lipinski definition) is 0. The standard InChI is InChI=1S/C22H25NO6S/c1-6-9-16-11-15(12-17(27-5)19(16)29-10-7-2)13-18-20(24)23(22(26)30-18)14(4)21(25)28-8-3/h6-7,11-14H,1-2,8-10H2,3-5H3/b18-13+/t14-/m1/s1. The summed E-state index contributed by atoms with van der Waals surface area (Å²) in [7, 11) is 1.52. The number of amides is 2. The highest BCUT2D eigenvalue weighted by molar-refractivity contribution is 8.18. The minimum atomic E-state index is -0.996. The lowest BCUT2D eigenvalue weighted by molar-refractivity contribution is -0.150. The molecule has 1 aromatic rings. The van der Waals surface area contributed by atoms with Gasteiger partial charge in [0.05, 0.1) is 18.6 Å². The highest BCUT2D eigenvalue weighted by Gasteiger charge is 2.41. The van der Waals surface area contributed by atoms with Gasteiger partial charge in [-0.15, -0.1) is 6.58 Å². The van der Waals surface area contributed by atoms with Crippen LogP contribution < -0.4 is 9.47 Å². The number of allylic oxidation sites excluding steroid dienone is 1. The Balaban J connectivity index is 2.40.